The van der Waals surface area contributed by atoms with E-state index in [1.165, 1.54) is 22.5 Å². The van der Waals surface area contributed by atoms with Gasteiger partial charge in [0.05, 0.1) is 10.7 Å². The van der Waals surface area contributed by atoms with Crippen LogP contribution in [0.15, 0.2) is 30.3 Å². The van der Waals surface area contributed by atoms with E-state index in [0.29, 0.717) is 17.1 Å². The number of anilines is 2. The van der Waals surface area contributed by atoms with Crippen molar-refractivity contribution >= 4 is 27.9 Å². The van der Waals surface area contributed by atoms with E-state index in [0.717, 1.165) is 11.5 Å². The van der Waals surface area contributed by atoms with Gasteiger partial charge in [-0.25, -0.2) is 0 Å². The zero-order valence-electron chi connectivity index (χ0n) is 11.7. The summed E-state index contributed by atoms with van der Waals surface area (Å²) in [6.07, 6.45) is 0. The van der Waals surface area contributed by atoms with Crippen LogP contribution in [0.2, 0.25) is 0 Å². The molecular formula is C15H19N3OS. The second-order valence-electron chi connectivity index (χ2n) is 4.59. The summed E-state index contributed by atoms with van der Waals surface area (Å²) < 4.78 is 0. The number of benzene rings is 1. The monoisotopic (exact) mass is 289 g/mol. The van der Waals surface area contributed by atoms with Crippen LogP contribution in [0.25, 0.3) is 0 Å². The van der Waals surface area contributed by atoms with Gasteiger partial charge >= 0.3 is 0 Å². The Balaban J connectivity index is 2.01. The van der Waals surface area contributed by atoms with Gasteiger partial charge in [0.2, 0.25) is 0 Å². The minimum atomic E-state index is -0.113. The summed E-state index contributed by atoms with van der Waals surface area (Å²) in [7, 11) is 0. The van der Waals surface area contributed by atoms with Crippen LogP contribution in [-0.2, 0) is 6.54 Å². The molecule has 0 bridgehead atoms. The van der Waals surface area contributed by atoms with Crippen molar-refractivity contribution in [3.63, 3.8) is 0 Å². The van der Waals surface area contributed by atoms with Crippen molar-refractivity contribution in [2.75, 3.05) is 17.6 Å². The molecule has 1 heterocycles. The predicted molar refractivity (Wildman–Crippen MR) is 85.2 cm³/mol. The molecule has 1 aromatic carbocycles. The number of carbonyl (C=O) groups is 1. The molecule has 5 heteroatoms. The molecule has 4 nitrogen and oxygen atoms in total. The largest absolute Gasteiger partial charge is 0.397 e. The summed E-state index contributed by atoms with van der Waals surface area (Å²) in [5.41, 5.74) is 8.83. The Hall–Kier alpha value is -2.01. The van der Waals surface area contributed by atoms with E-state index in [4.69, 9.17) is 5.73 Å². The third-order valence-corrected chi connectivity index (χ3v) is 4.00. The first-order valence-corrected chi connectivity index (χ1v) is 7.38. The zero-order valence-corrected chi connectivity index (χ0v) is 12.5. The predicted octanol–water partition coefficient (Wildman–Crippen LogP) is 3.00. The highest BCUT2D eigenvalue weighted by molar-refractivity contribution is 7.18. The fourth-order valence-electron chi connectivity index (χ4n) is 1.81. The smallest absolute Gasteiger partial charge is 0.263 e. The van der Waals surface area contributed by atoms with Crippen molar-refractivity contribution in [1.29, 1.82) is 0 Å². The lowest BCUT2D eigenvalue weighted by Crippen LogP contribution is -2.22. The molecular weight excluding hydrogens is 270 g/mol. The molecule has 106 valence electrons. The fourth-order valence-corrected chi connectivity index (χ4v) is 2.70. The molecule has 0 aliphatic rings. The summed E-state index contributed by atoms with van der Waals surface area (Å²) >= 11 is 1.38. The third kappa shape index (κ3) is 3.51. The number of hydrogen-bond donors (Lipinski definition) is 3. The standard InChI is InChI=1S/C15H19N3OS/c1-3-17-15(19)14-12(16)8-13(20-14)18-9-11-6-4-10(2)5-7-11/h4-8,18H,3,9,16H2,1-2H3,(H,17,19). The van der Waals surface area contributed by atoms with Gasteiger partial charge in [-0.3, -0.25) is 4.79 Å². The topological polar surface area (TPSA) is 67.2 Å². The fraction of sp³-hybridized carbons (Fsp3) is 0.267. The normalized spacial score (nSPS) is 10.3. The molecule has 0 radical (unpaired) electrons. The van der Waals surface area contributed by atoms with E-state index in [9.17, 15) is 4.79 Å². The van der Waals surface area contributed by atoms with Gasteiger partial charge in [0.25, 0.3) is 5.91 Å². The molecule has 0 aliphatic heterocycles. The van der Waals surface area contributed by atoms with Crippen LogP contribution in [0.1, 0.15) is 27.7 Å². The van der Waals surface area contributed by atoms with Crippen LogP contribution in [0, 0.1) is 6.92 Å². The first-order valence-electron chi connectivity index (χ1n) is 6.57. The van der Waals surface area contributed by atoms with Crippen LogP contribution in [-0.4, -0.2) is 12.5 Å². The summed E-state index contributed by atoms with van der Waals surface area (Å²) in [5.74, 6) is -0.113. The van der Waals surface area contributed by atoms with E-state index in [1.807, 2.05) is 13.0 Å². The van der Waals surface area contributed by atoms with Crippen molar-refractivity contribution in [2.24, 2.45) is 0 Å². The Morgan fingerprint density at radius 1 is 1.30 bits per heavy atom. The number of nitrogens with two attached hydrogens (primary N) is 1. The number of nitrogen functional groups attached to an aromatic ring is 1. The Labute approximate surface area is 123 Å². The maximum atomic E-state index is 11.8. The first-order chi connectivity index (χ1) is 9.60. The Morgan fingerprint density at radius 2 is 2.00 bits per heavy atom. The quantitative estimate of drug-likeness (QED) is 0.792. The molecule has 4 N–H and O–H groups in total. The van der Waals surface area contributed by atoms with Gasteiger partial charge in [-0.05, 0) is 25.5 Å². The molecule has 0 spiro atoms. The summed E-state index contributed by atoms with van der Waals surface area (Å²) in [6, 6.07) is 10.2. The van der Waals surface area contributed by atoms with Crippen LogP contribution in [0.4, 0.5) is 10.7 Å². The minimum Gasteiger partial charge on any atom is -0.397 e. The first kappa shape index (κ1) is 14.4. The van der Waals surface area contributed by atoms with Crippen molar-refractivity contribution in [3.8, 4) is 0 Å². The number of thiophene rings is 1. The molecule has 0 saturated heterocycles. The lowest BCUT2D eigenvalue weighted by molar-refractivity contribution is 0.0960. The number of carbonyl (C=O) groups excluding carboxylic acids is 1. The van der Waals surface area contributed by atoms with Crippen LogP contribution < -0.4 is 16.4 Å². The zero-order chi connectivity index (χ0) is 14.5. The third-order valence-electron chi connectivity index (χ3n) is 2.89. The molecule has 0 atom stereocenters. The number of rotatable bonds is 5. The van der Waals surface area contributed by atoms with Crippen LogP contribution in [0.5, 0.6) is 0 Å². The second kappa shape index (κ2) is 6.43. The average molecular weight is 289 g/mol. The second-order valence-corrected chi connectivity index (χ2v) is 5.65. The van der Waals surface area contributed by atoms with Crippen molar-refractivity contribution in [2.45, 2.75) is 20.4 Å². The highest BCUT2D eigenvalue weighted by Gasteiger charge is 2.13. The van der Waals surface area contributed by atoms with Gasteiger partial charge in [0.1, 0.15) is 4.88 Å². The molecule has 0 fully saturated rings. The molecule has 0 aliphatic carbocycles. The number of aryl methyl sites for hydroxylation is 1. The SMILES string of the molecule is CCNC(=O)c1sc(NCc2ccc(C)cc2)cc1N. The summed E-state index contributed by atoms with van der Waals surface area (Å²) in [5, 5.41) is 6.96. The Morgan fingerprint density at radius 3 is 2.65 bits per heavy atom. The van der Waals surface area contributed by atoms with Gasteiger partial charge in [0.15, 0.2) is 0 Å². The molecule has 1 aromatic heterocycles. The van der Waals surface area contributed by atoms with Crippen molar-refractivity contribution in [1.82, 2.24) is 5.32 Å². The Bertz CT molecular complexity index is 590. The maximum absolute atomic E-state index is 11.8. The molecule has 2 rings (SSSR count). The summed E-state index contributed by atoms with van der Waals surface area (Å²) in [4.78, 5) is 12.3. The Kier molecular flexibility index (Phi) is 4.63. The number of amides is 1. The highest BCUT2D eigenvalue weighted by Crippen LogP contribution is 2.29. The van der Waals surface area contributed by atoms with Gasteiger partial charge in [-0.15, -0.1) is 11.3 Å². The van der Waals surface area contributed by atoms with Gasteiger partial charge < -0.3 is 16.4 Å². The van der Waals surface area contributed by atoms with Gasteiger partial charge in [-0.1, -0.05) is 29.8 Å². The molecule has 20 heavy (non-hydrogen) atoms. The summed E-state index contributed by atoms with van der Waals surface area (Å²) in [6.45, 7) is 5.27. The average Bonchev–Trinajstić information content (AvgIpc) is 2.80. The van der Waals surface area contributed by atoms with Crippen LogP contribution in [0.3, 0.4) is 0 Å². The van der Waals surface area contributed by atoms with Gasteiger partial charge in [0, 0.05) is 13.1 Å². The lowest BCUT2D eigenvalue weighted by Gasteiger charge is -2.04. The van der Waals surface area contributed by atoms with E-state index in [-0.39, 0.29) is 5.91 Å². The van der Waals surface area contributed by atoms with Crippen molar-refractivity contribution in [3.05, 3.63) is 46.3 Å². The highest BCUT2D eigenvalue weighted by atomic mass is 32.1. The van der Waals surface area contributed by atoms with E-state index in [1.54, 1.807) is 0 Å². The number of nitrogens with one attached hydrogen (secondary N) is 2. The van der Waals surface area contributed by atoms with Gasteiger partial charge in [-0.2, -0.15) is 0 Å². The molecule has 1 amide bonds. The molecule has 0 saturated carbocycles. The van der Waals surface area contributed by atoms with E-state index < -0.39 is 0 Å². The lowest BCUT2D eigenvalue weighted by atomic mass is 10.1. The van der Waals surface area contributed by atoms with E-state index >= 15 is 0 Å². The molecule has 0 unspecified atom stereocenters. The van der Waals surface area contributed by atoms with Crippen LogP contribution >= 0.6 is 11.3 Å². The molecule has 2 aromatic rings. The maximum Gasteiger partial charge on any atom is 0.263 e. The van der Waals surface area contributed by atoms with Crippen molar-refractivity contribution < 1.29 is 4.79 Å². The minimum absolute atomic E-state index is 0.113. The van der Waals surface area contributed by atoms with E-state index in [2.05, 4.69) is 41.8 Å². The number of hydrogen-bond acceptors (Lipinski definition) is 4.